The Morgan fingerprint density at radius 1 is 1.14 bits per heavy atom. The predicted octanol–water partition coefficient (Wildman–Crippen LogP) is 1.21. The van der Waals surface area contributed by atoms with E-state index in [1.54, 1.807) is 0 Å². The second kappa shape index (κ2) is 5.10. The summed E-state index contributed by atoms with van der Waals surface area (Å²) in [5, 5.41) is 5.67. The minimum Gasteiger partial charge on any atom is -0.378 e. The zero-order chi connectivity index (χ0) is 15.1. The van der Waals surface area contributed by atoms with Crippen molar-refractivity contribution in [2.75, 3.05) is 31.2 Å². The molecule has 1 aliphatic heterocycles. The molecule has 0 spiro atoms. The average molecular weight is 298 g/mol. The second-order valence-electron chi connectivity index (χ2n) is 5.48. The second-order valence-corrected chi connectivity index (χ2v) is 5.48. The van der Waals surface area contributed by atoms with Gasteiger partial charge in [-0.1, -0.05) is 0 Å². The number of nitrogens with zero attached hydrogens (tertiary/aromatic N) is 6. The Hall–Kier alpha value is -2.41. The summed E-state index contributed by atoms with van der Waals surface area (Å²) < 4.78 is 9.25. The Morgan fingerprint density at radius 3 is 2.77 bits per heavy atom. The van der Waals surface area contributed by atoms with Crippen LogP contribution in [-0.4, -0.2) is 50.6 Å². The fourth-order valence-electron chi connectivity index (χ4n) is 2.89. The van der Waals surface area contributed by atoms with Gasteiger partial charge in [0.05, 0.1) is 13.2 Å². The molecule has 0 aromatic carbocycles. The minimum absolute atomic E-state index is 0.736. The Morgan fingerprint density at radius 2 is 1.95 bits per heavy atom. The molecule has 4 rings (SSSR count). The number of anilines is 1. The van der Waals surface area contributed by atoms with Crippen LogP contribution in [0, 0.1) is 0 Å². The lowest BCUT2D eigenvalue weighted by atomic mass is 10.2. The molecule has 0 atom stereocenters. The van der Waals surface area contributed by atoms with Crippen molar-refractivity contribution in [3.63, 3.8) is 0 Å². The van der Waals surface area contributed by atoms with Gasteiger partial charge in [-0.05, 0) is 12.1 Å². The van der Waals surface area contributed by atoms with Crippen molar-refractivity contribution in [1.82, 2.24) is 24.3 Å². The van der Waals surface area contributed by atoms with Gasteiger partial charge in [0.15, 0.2) is 5.82 Å². The normalized spacial score (nSPS) is 15.6. The molecular formula is C15H18N6O. The predicted molar refractivity (Wildman–Crippen MR) is 83.7 cm³/mol. The van der Waals surface area contributed by atoms with E-state index >= 15 is 0 Å². The topological polar surface area (TPSA) is 61.0 Å². The van der Waals surface area contributed by atoms with Crippen LogP contribution < -0.4 is 4.90 Å². The van der Waals surface area contributed by atoms with Crippen molar-refractivity contribution in [3.05, 3.63) is 24.5 Å². The van der Waals surface area contributed by atoms with Crippen LogP contribution in [0.25, 0.3) is 22.4 Å². The van der Waals surface area contributed by atoms with E-state index in [4.69, 9.17) is 9.72 Å². The standard InChI is InChI=1S/C15H18N6O/c1-19-6-4-12-11(3-5-16-14(12)19)13-17-15(20(2)18-13)21-7-9-22-10-8-21/h3-6H,7-10H2,1-2H3. The lowest BCUT2D eigenvalue weighted by molar-refractivity contribution is 0.121. The number of hydrogen-bond donors (Lipinski definition) is 0. The third-order valence-electron chi connectivity index (χ3n) is 4.04. The van der Waals surface area contributed by atoms with Crippen LogP contribution in [0.3, 0.4) is 0 Å². The summed E-state index contributed by atoms with van der Waals surface area (Å²) in [6, 6.07) is 4.03. The van der Waals surface area contributed by atoms with Gasteiger partial charge in [-0.25, -0.2) is 9.67 Å². The number of fused-ring (bicyclic) bond motifs is 1. The number of rotatable bonds is 2. The van der Waals surface area contributed by atoms with Crippen LogP contribution in [0.1, 0.15) is 0 Å². The summed E-state index contributed by atoms with van der Waals surface area (Å²) in [5.74, 6) is 1.63. The highest BCUT2D eigenvalue weighted by atomic mass is 16.5. The first-order valence-corrected chi connectivity index (χ1v) is 7.38. The molecule has 114 valence electrons. The highest BCUT2D eigenvalue weighted by Gasteiger charge is 2.19. The van der Waals surface area contributed by atoms with Gasteiger partial charge in [-0.15, -0.1) is 5.10 Å². The van der Waals surface area contributed by atoms with E-state index < -0.39 is 0 Å². The van der Waals surface area contributed by atoms with Gasteiger partial charge in [0.2, 0.25) is 5.95 Å². The molecule has 1 fully saturated rings. The van der Waals surface area contributed by atoms with E-state index in [1.165, 1.54) is 0 Å². The van der Waals surface area contributed by atoms with Gasteiger partial charge in [0.25, 0.3) is 0 Å². The van der Waals surface area contributed by atoms with E-state index in [-0.39, 0.29) is 0 Å². The molecule has 3 aromatic heterocycles. The van der Waals surface area contributed by atoms with E-state index in [0.717, 1.165) is 54.7 Å². The van der Waals surface area contributed by atoms with Crippen molar-refractivity contribution >= 4 is 17.0 Å². The minimum atomic E-state index is 0.736. The molecular weight excluding hydrogens is 280 g/mol. The summed E-state index contributed by atoms with van der Waals surface area (Å²) in [6.45, 7) is 3.17. The Bertz CT molecular complexity index is 815. The lowest BCUT2D eigenvalue weighted by Crippen LogP contribution is -2.37. The zero-order valence-corrected chi connectivity index (χ0v) is 12.7. The molecule has 1 aliphatic rings. The number of aryl methyl sites for hydroxylation is 2. The molecule has 1 saturated heterocycles. The quantitative estimate of drug-likeness (QED) is 0.711. The van der Waals surface area contributed by atoms with Crippen LogP contribution >= 0.6 is 0 Å². The van der Waals surface area contributed by atoms with Crippen molar-refractivity contribution in [1.29, 1.82) is 0 Å². The number of pyridine rings is 1. The van der Waals surface area contributed by atoms with Crippen molar-refractivity contribution < 1.29 is 4.74 Å². The number of morpholine rings is 1. The molecule has 0 saturated carbocycles. The molecule has 22 heavy (non-hydrogen) atoms. The first-order valence-electron chi connectivity index (χ1n) is 7.38. The van der Waals surface area contributed by atoms with E-state index in [0.29, 0.717) is 0 Å². The van der Waals surface area contributed by atoms with Gasteiger partial charge in [0.1, 0.15) is 5.65 Å². The lowest BCUT2D eigenvalue weighted by Gasteiger charge is -2.26. The smallest absolute Gasteiger partial charge is 0.224 e. The van der Waals surface area contributed by atoms with Crippen LogP contribution in [-0.2, 0) is 18.8 Å². The third kappa shape index (κ3) is 2.05. The first-order chi connectivity index (χ1) is 10.7. The number of hydrogen-bond acceptors (Lipinski definition) is 5. The molecule has 0 radical (unpaired) electrons. The largest absolute Gasteiger partial charge is 0.378 e. The molecule has 0 amide bonds. The molecule has 0 N–H and O–H groups in total. The maximum atomic E-state index is 5.40. The summed E-state index contributed by atoms with van der Waals surface area (Å²) >= 11 is 0. The van der Waals surface area contributed by atoms with Gasteiger partial charge >= 0.3 is 0 Å². The molecule has 4 heterocycles. The van der Waals surface area contributed by atoms with Gasteiger partial charge in [-0.2, -0.15) is 4.98 Å². The Balaban J connectivity index is 1.79. The first kappa shape index (κ1) is 13.3. The van der Waals surface area contributed by atoms with Crippen molar-refractivity contribution in [3.8, 4) is 11.4 Å². The Labute approximate surface area is 128 Å². The van der Waals surface area contributed by atoms with Crippen molar-refractivity contribution in [2.45, 2.75) is 0 Å². The zero-order valence-electron chi connectivity index (χ0n) is 12.7. The SMILES string of the molecule is Cn1nc(-c2ccnc3c2ccn3C)nc1N1CCOCC1. The fraction of sp³-hybridized carbons (Fsp3) is 0.400. The molecule has 0 aliphatic carbocycles. The van der Waals surface area contributed by atoms with E-state index in [2.05, 4.69) is 21.0 Å². The van der Waals surface area contributed by atoms with Crippen LogP contribution in [0.15, 0.2) is 24.5 Å². The highest BCUT2D eigenvalue weighted by molar-refractivity contribution is 5.91. The number of ether oxygens (including phenoxy) is 1. The van der Waals surface area contributed by atoms with Gasteiger partial charge < -0.3 is 14.2 Å². The summed E-state index contributed by atoms with van der Waals surface area (Å²) in [6.07, 6.45) is 3.81. The molecule has 7 heteroatoms. The molecule has 3 aromatic rings. The van der Waals surface area contributed by atoms with Crippen LogP contribution in [0.5, 0.6) is 0 Å². The number of aromatic nitrogens is 5. The summed E-state index contributed by atoms with van der Waals surface area (Å²) in [4.78, 5) is 11.4. The third-order valence-corrected chi connectivity index (χ3v) is 4.04. The van der Waals surface area contributed by atoms with Crippen LogP contribution in [0.2, 0.25) is 0 Å². The van der Waals surface area contributed by atoms with Crippen molar-refractivity contribution in [2.24, 2.45) is 14.1 Å². The maximum Gasteiger partial charge on any atom is 0.224 e. The van der Waals surface area contributed by atoms with Crippen LogP contribution in [0.4, 0.5) is 5.95 Å². The summed E-state index contributed by atoms with van der Waals surface area (Å²) in [5.41, 5.74) is 1.96. The van der Waals surface area contributed by atoms with E-state index in [1.807, 2.05) is 41.8 Å². The molecule has 0 unspecified atom stereocenters. The average Bonchev–Trinajstić information content (AvgIpc) is 3.12. The highest BCUT2D eigenvalue weighted by Crippen LogP contribution is 2.27. The Kier molecular flexibility index (Phi) is 3.07. The van der Waals surface area contributed by atoms with Gasteiger partial charge in [0, 0.05) is 50.5 Å². The summed E-state index contributed by atoms with van der Waals surface area (Å²) in [7, 11) is 3.93. The van der Waals surface area contributed by atoms with Gasteiger partial charge in [-0.3, -0.25) is 0 Å². The maximum absolute atomic E-state index is 5.40. The molecule has 7 nitrogen and oxygen atoms in total. The molecule has 0 bridgehead atoms. The van der Waals surface area contributed by atoms with E-state index in [9.17, 15) is 0 Å². The fourth-order valence-corrected chi connectivity index (χ4v) is 2.89. The monoisotopic (exact) mass is 298 g/mol.